The Labute approximate surface area is 114 Å². The lowest BCUT2D eigenvalue weighted by atomic mass is 9.66. The maximum absolute atomic E-state index is 5.38. The molecule has 18 heavy (non-hydrogen) atoms. The molecule has 0 bridgehead atoms. The van der Waals surface area contributed by atoms with Crippen molar-refractivity contribution in [1.82, 2.24) is 5.32 Å². The van der Waals surface area contributed by atoms with E-state index in [-0.39, 0.29) is 0 Å². The minimum absolute atomic E-state index is 0.695. The maximum atomic E-state index is 5.38. The van der Waals surface area contributed by atoms with E-state index in [1.807, 2.05) is 7.11 Å². The van der Waals surface area contributed by atoms with Gasteiger partial charge in [0.1, 0.15) is 0 Å². The van der Waals surface area contributed by atoms with Gasteiger partial charge in [-0.05, 0) is 61.9 Å². The van der Waals surface area contributed by atoms with E-state index >= 15 is 0 Å². The van der Waals surface area contributed by atoms with Gasteiger partial charge in [0.05, 0.1) is 0 Å². The van der Waals surface area contributed by atoms with Crippen molar-refractivity contribution in [3.8, 4) is 0 Å². The van der Waals surface area contributed by atoms with E-state index in [9.17, 15) is 0 Å². The summed E-state index contributed by atoms with van der Waals surface area (Å²) in [6.07, 6.45) is 4.22. The summed E-state index contributed by atoms with van der Waals surface area (Å²) in [6, 6.07) is 0. The molecule has 0 aromatic rings. The topological polar surface area (TPSA) is 21.3 Å². The molecule has 1 rings (SSSR count). The minimum Gasteiger partial charge on any atom is -0.384 e. The number of hydrogen-bond acceptors (Lipinski definition) is 2. The van der Waals surface area contributed by atoms with Crippen molar-refractivity contribution in [3.05, 3.63) is 0 Å². The smallest absolute Gasteiger partial charge is 0.0490 e. The molecule has 0 aromatic heterocycles. The summed E-state index contributed by atoms with van der Waals surface area (Å²) in [5, 5.41) is 3.55. The average Bonchev–Trinajstić information content (AvgIpc) is 2.36. The molecule has 108 valence electrons. The second kappa shape index (κ2) is 8.16. The standard InChI is InChI=1S/C16H33NO/c1-6-17-10-15-8-7-14(12(2)3)9-16(15)13(4)11-18-5/h12-17H,6-11H2,1-5H3. The Kier molecular flexibility index (Phi) is 7.25. The van der Waals surface area contributed by atoms with Gasteiger partial charge in [0, 0.05) is 13.7 Å². The zero-order valence-corrected chi connectivity index (χ0v) is 13.0. The van der Waals surface area contributed by atoms with Gasteiger partial charge in [0.15, 0.2) is 0 Å². The molecule has 1 aliphatic carbocycles. The highest BCUT2D eigenvalue weighted by atomic mass is 16.5. The van der Waals surface area contributed by atoms with Crippen LogP contribution in [0.5, 0.6) is 0 Å². The molecule has 1 N–H and O–H groups in total. The molecule has 4 unspecified atom stereocenters. The second-order valence-electron chi connectivity index (χ2n) is 6.48. The molecular weight excluding hydrogens is 222 g/mol. The Morgan fingerprint density at radius 3 is 2.50 bits per heavy atom. The van der Waals surface area contributed by atoms with Crippen molar-refractivity contribution < 1.29 is 4.74 Å². The van der Waals surface area contributed by atoms with E-state index in [1.54, 1.807) is 0 Å². The fourth-order valence-electron chi connectivity index (χ4n) is 3.57. The van der Waals surface area contributed by atoms with Crippen LogP contribution in [-0.4, -0.2) is 26.8 Å². The van der Waals surface area contributed by atoms with Crippen LogP contribution in [0, 0.1) is 29.6 Å². The molecule has 0 radical (unpaired) electrons. The molecule has 0 aromatic carbocycles. The van der Waals surface area contributed by atoms with Crippen LogP contribution in [0.1, 0.15) is 47.0 Å². The summed E-state index contributed by atoms with van der Waals surface area (Å²) in [4.78, 5) is 0. The van der Waals surface area contributed by atoms with Crippen molar-refractivity contribution in [1.29, 1.82) is 0 Å². The van der Waals surface area contributed by atoms with Crippen molar-refractivity contribution in [3.63, 3.8) is 0 Å². The first kappa shape index (κ1) is 16.0. The lowest BCUT2D eigenvalue weighted by molar-refractivity contribution is 0.0557. The van der Waals surface area contributed by atoms with E-state index in [0.717, 1.165) is 36.8 Å². The van der Waals surface area contributed by atoms with Gasteiger partial charge < -0.3 is 10.1 Å². The highest BCUT2D eigenvalue weighted by Crippen LogP contribution is 2.40. The molecule has 0 aliphatic heterocycles. The third-order valence-corrected chi connectivity index (χ3v) is 4.85. The minimum atomic E-state index is 0.695. The van der Waals surface area contributed by atoms with Gasteiger partial charge in [-0.25, -0.2) is 0 Å². The number of nitrogens with one attached hydrogen (secondary N) is 1. The number of hydrogen-bond donors (Lipinski definition) is 1. The fraction of sp³-hybridized carbons (Fsp3) is 1.00. The zero-order valence-electron chi connectivity index (χ0n) is 13.0. The normalized spacial score (nSPS) is 30.7. The Morgan fingerprint density at radius 1 is 1.22 bits per heavy atom. The van der Waals surface area contributed by atoms with Crippen LogP contribution in [0.25, 0.3) is 0 Å². The number of rotatable bonds is 7. The molecule has 2 heteroatoms. The summed E-state index contributed by atoms with van der Waals surface area (Å²) in [5.41, 5.74) is 0. The largest absolute Gasteiger partial charge is 0.384 e. The van der Waals surface area contributed by atoms with E-state index in [4.69, 9.17) is 4.74 Å². The highest BCUT2D eigenvalue weighted by molar-refractivity contribution is 4.85. The van der Waals surface area contributed by atoms with Gasteiger partial charge >= 0.3 is 0 Å². The van der Waals surface area contributed by atoms with Crippen LogP contribution < -0.4 is 5.32 Å². The van der Waals surface area contributed by atoms with Gasteiger partial charge in [0.2, 0.25) is 0 Å². The molecule has 0 spiro atoms. The summed E-state index contributed by atoms with van der Waals surface area (Å²) < 4.78 is 5.38. The molecule has 4 atom stereocenters. The van der Waals surface area contributed by atoms with Crippen LogP contribution >= 0.6 is 0 Å². The molecule has 1 aliphatic rings. The van der Waals surface area contributed by atoms with E-state index < -0.39 is 0 Å². The molecule has 0 heterocycles. The quantitative estimate of drug-likeness (QED) is 0.751. The first-order valence-corrected chi connectivity index (χ1v) is 7.79. The molecular formula is C16H33NO. The van der Waals surface area contributed by atoms with Gasteiger partial charge in [-0.2, -0.15) is 0 Å². The van der Waals surface area contributed by atoms with Crippen molar-refractivity contribution in [2.45, 2.75) is 47.0 Å². The van der Waals surface area contributed by atoms with Crippen LogP contribution in [-0.2, 0) is 4.74 Å². The summed E-state index contributed by atoms with van der Waals surface area (Å²) in [7, 11) is 1.83. The third kappa shape index (κ3) is 4.55. The zero-order chi connectivity index (χ0) is 13.5. The predicted molar refractivity (Wildman–Crippen MR) is 78.7 cm³/mol. The molecule has 2 nitrogen and oxygen atoms in total. The average molecular weight is 255 g/mol. The lowest BCUT2D eigenvalue weighted by Crippen LogP contribution is -2.38. The highest BCUT2D eigenvalue weighted by Gasteiger charge is 2.34. The summed E-state index contributed by atoms with van der Waals surface area (Å²) in [5.74, 6) is 4.14. The Hall–Kier alpha value is -0.0800. The summed E-state index contributed by atoms with van der Waals surface area (Å²) in [6.45, 7) is 12.5. The van der Waals surface area contributed by atoms with Gasteiger partial charge in [-0.3, -0.25) is 0 Å². The fourth-order valence-corrected chi connectivity index (χ4v) is 3.57. The van der Waals surface area contributed by atoms with E-state index in [2.05, 4.69) is 33.0 Å². The number of ether oxygens (including phenoxy) is 1. The van der Waals surface area contributed by atoms with Gasteiger partial charge in [-0.1, -0.05) is 27.7 Å². The van der Waals surface area contributed by atoms with Crippen LogP contribution in [0.3, 0.4) is 0 Å². The van der Waals surface area contributed by atoms with Crippen LogP contribution in [0.2, 0.25) is 0 Å². The van der Waals surface area contributed by atoms with Crippen molar-refractivity contribution in [2.24, 2.45) is 29.6 Å². The van der Waals surface area contributed by atoms with Crippen molar-refractivity contribution in [2.75, 3.05) is 26.8 Å². The number of methoxy groups -OCH3 is 1. The van der Waals surface area contributed by atoms with Crippen LogP contribution in [0.4, 0.5) is 0 Å². The third-order valence-electron chi connectivity index (χ3n) is 4.85. The van der Waals surface area contributed by atoms with Crippen molar-refractivity contribution >= 4 is 0 Å². The Balaban J connectivity index is 2.60. The maximum Gasteiger partial charge on any atom is 0.0490 e. The lowest BCUT2D eigenvalue weighted by Gasteiger charge is -2.41. The summed E-state index contributed by atoms with van der Waals surface area (Å²) >= 11 is 0. The molecule has 1 fully saturated rings. The SMILES string of the molecule is CCNCC1CCC(C(C)C)CC1C(C)COC. The second-order valence-corrected chi connectivity index (χ2v) is 6.48. The first-order valence-electron chi connectivity index (χ1n) is 7.79. The molecule has 0 amide bonds. The van der Waals surface area contributed by atoms with E-state index in [0.29, 0.717) is 5.92 Å². The van der Waals surface area contributed by atoms with Gasteiger partial charge in [0.25, 0.3) is 0 Å². The first-order chi connectivity index (χ1) is 8.60. The Morgan fingerprint density at radius 2 is 1.94 bits per heavy atom. The molecule has 0 saturated heterocycles. The predicted octanol–water partition coefficient (Wildman–Crippen LogP) is 3.57. The monoisotopic (exact) mass is 255 g/mol. The van der Waals surface area contributed by atoms with Gasteiger partial charge in [-0.15, -0.1) is 0 Å². The van der Waals surface area contributed by atoms with E-state index in [1.165, 1.54) is 25.8 Å². The Bertz CT molecular complexity index is 217. The van der Waals surface area contributed by atoms with Crippen LogP contribution in [0.15, 0.2) is 0 Å². The molecule has 1 saturated carbocycles.